The van der Waals surface area contributed by atoms with Gasteiger partial charge in [-0.2, -0.15) is 0 Å². The van der Waals surface area contributed by atoms with Crippen LogP contribution in [0.1, 0.15) is 46.5 Å². The van der Waals surface area contributed by atoms with E-state index in [1.807, 2.05) is 11.5 Å². The predicted molar refractivity (Wildman–Crippen MR) is 109 cm³/mol. The van der Waals surface area contributed by atoms with Gasteiger partial charge in [0.1, 0.15) is 0 Å². The highest BCUT2D eigenvalue weighted by molar-refractivity contribution is 7.99. The Balaban J connectivity index is 2.24. The van der Waals surface area contributed by atoms with Crippen LogP contribution >= 0.6 is 11.8 Å². The molecule has 1 heterocycles. The number of unbranched alkanes of at least 4 members (excludes halogenated alkanes) is 1. The van der Waals surface area contributed by atoms with Crippen LogP contribution in [0, 0.1) is 0 Å². The van der Waals surface area contributed by atoms with Crippen molar-refractivity contribution in [2.75, 3.05) is 5.75 Å². The number of benzene rings is 1. The second-order valence-electron chi connectivity index (χ2n) is 6.64. The van der Waals surface area contributed by atoms with E-state index in [1.54, 1.807) is 6.07 Å². The Kier molecular flexibility index (Phi) is 7.69. The summed E-state index contributed by atoms with van der Waals surface area (Å²) < 4.78 is 25.2. The number of carbonyl (C=O) groups is 1. The number of nitrogens with zero attached hydrogens (tertiary/aromatic N) is 2. The van der Waals surface area contributed by atoms with Crippen LogP contribution < -0.4 is 10.5 Å². The van der Waals surface area contributed by atoms with Gasteiger partial charge in [0, 0.05) is 12.6 Å². The van der Waals surface area contributed by atoms with Gasteiger partial charge in [-0.1, -0.05) is 38.5 Å². The molecule has 2 rings (SSSR count). The fourth-order valence-corrected chi connectivity index (χ4v) is 4.24. The number of thioether (sulfide) groups is 1. The minimum absolute atomic E-state index is 0.0275. The van der Waals surface area contributed by atoms with E-state index in [9.17, 15) is 13.2 Å². The smallest absolute Gasteiger partial charge is 0.238 e. The van der Waals surface area contributed by atoms with Crippen LogP contribution in [0.5, 0.6) is 0 Å². The Morgan fingerprint density at radius 3 is 2.70 bits per heavy atom. The molecule has 0 saturated carbocycles. The number of rotatable bonds is 10. The van der Waals surface area contributed by atoms with Crippen molar-refractivity contribution in [1.29, 1.82) is 0 Å². The number of nitrogens with one attached hydrogen (secondary N) is 1. The third-order valence-electron chi connectivity index (χ3n) is 4.21. The Labute approximate surface area is 165 Å². The van der Waals surface area contributed by atoms with Gasteiger partial charge in [-0.3, -0.25) is 4.79 Å². The first-order chi connectivity index (χ1) is 12.8. The van der Waals surface area contributed by atoms with Gasteiger partial charge in [-0.25, -0.2) is 18.5 Å². The average Bonchev–Trinajstić information content (AvgIpc) is 2.94. The molecular formula is C18H28N4O3S2. The lowest BCUT2D eigenvalue weighted by molar-refractivity contribution is -0.119. The molecule has 0 saturated heterocycles. The maximum absolute atomic E-state index is 12.2. The Morgan fingerprint density at radius 2 is 2.07 bits per heavy atom. The number of nitrogens with two attached hydrogens (primary N) is 1. The molecule has 1 aromatic heterocycles. The summed E-state index contributed by atoms with van der Waals surface area (Å²) in [6, 6.07) is 4.86. The summed E-state index contributed by atoms with van der Waals surface area (Å²) in [5, 5.41) is 8.92. The number of imidazole rings is 1. The first-order valence-electron chi connectivity index (χ1n) is 9.21. The summed E-state index contributed by atoms with van der Waals surface area (Å²) >= 11 is 1.36. The zero-order valence-corrected chi connectivity index (χ0v) is 17.7. The van der Waals surface area contributed by atoms with Gasteiger partial charge >= 0.3 is 0 Å². The molecule has 0 fully saturated rings. The van der Waals surface area contributed by atoms with Crippen LogP contribution in [0.25, 0.3) is 11.0 Å². The fraction of sp³-hybridized carbons (Fsp3) is 0.556. The van der Waals surface area contributed by atoms with Gasteiger partial charge in [0.25, 0.3) is 0 Å². The molecule has 9 heteroatoms. The highest BCUT2D eigenvalue weighted by Crippen LogP contribution is 2.26. The monoisotopic (exact) mass is 412 g/mol. The van der Waals surface area contributed by atoms with Crippen molar-refractivity contribution < 1.29 is 13.2 Å². The molecule has 0 aliphatic heterocycles. The predicted octanol–water partition coefficient (Wildman–Crippen LogP) is 2.88. The molecule has 0 aliphatic carbocycles. The van der Waals surface area contributed by atoms with Gasteiger partial charge < -0.3 is 9.88 Å². The second kappa shape index (κ2) is 9.57. The highest BCUT2D eigenvalue weighted by Gasteiger charge is 2.16. The number of fused-ring (bicyclic) bond motifs is 1. The average molecular weight is 413 g/mol. The van der Waals surface area contributed by atoms with Crippen LogP contribution in [0.4, 0.5) is 0 Å². The maximum Gasteiger partial charge on any atom is 0.238 e. The van der Waals surface area contributed by atoms with Crippen LogP contribution in [0.2, 0.25) is 0 Å². The zero-order chi connectivity index (χ0) is 20.0. The number of primary sulfonamides is 1. The largest absolute Gasteiger partial charge is 0.353 e. The Bertz CT molecular complexity index is 893. The van der Waals surface area contributed by atoms with Crippen LogP contribution in [-0.2, 0) is 21.4 Å². The summed E-state index contributed by atoms with van der Waals surface area (Å²) in [6.07, 6.45) is 3.96. The number of sulfonamides is 1. The third-order valence-corrected chi connectivity index (χ3v) is 6.10. The topological polar surface area (TPSA) is 107 Å². The van der Waals surface area contributed by atoms with Gasteiger partial charge in [-0.15, -0.1) is 0 Å². The number of hydrogen-bond donors (Lipinski definition) is 2. The molecule has 2 aromatic rings. The standard InChI is InChI=1S/C18H28N4O3S2/c1-4-6-10-22-16-9-8-14(27(19,24)25)11-15(16)21-18(22)26-12-17(23)20-13(3)7-5-2/h8-9,11,13H,4-7,10,12H2,1-3H3,(H,20,23)(H2,19,24,25)/t13-/m0/s1. The molecule has 0 unspecified atom stereocenters. The molecule has 3 N–H and O–H groups in total. The third kappa shape index (κ3) is 5.95. The molecular weight excluding hydrogens is 384 g/mol. The number of aryl methyl sites for hydroxylation is 1. The molecule has 0 bridgehead atoms. The van der Waals surface area contributed by atoms with Crippen LogP contribution in [-0.4, -0.2) is 35.7 Å². The lowest BCUT2D eigenvalue weighted by atomic mass is 10.2. The van der Waals surface area contributed by atoms with Crippen molar-refractivity contribution in [2.45, 2.75) is 69.1 Å². The fourth-order valence-electron chi connectivity index (χ4n) is 2.86. The Hall–Kier alpha value is -1.58. The molecule has 7 nitrogen and oxygen atoms in total. The van der Waals surface area contributed by atoms with E-state index in [1.165, 1.54) is 23.9 Å². The molecule has 1 amide bonds. The SMILES string of the molecule is CCCCn1c(SCC(=O)N[C@@H](C)CCC)nc2cc(S(N)(=O)=O)ccc21. The van der Waals surface area contributed by atoms with Crippen LogP contribution in [0.3, 0.4) is 0 Å². The Morgan fingerprint density at radius 1 is 1.33 bits per heavy atom. The summed E-state index contributed by atoms with van der Waals surface area (Å²) in [5.74, 6) is 0.242. The van der Waals surface area contributed by atoms with Crippen LogP contribution in [0.15, 0.2) is 28.3 Å². The molecule has 1 aromatic carbocycles. The number of amides is 1. The molecule has 0 radical (unpaired) electrons. The number of aromatic nitrogens is 2. The van der Waals surface area contributed by atoms with Crippen molar-refractivity contribution in [3.63, 3.8) is 0 Å². The minimum Gasteiger partial charge on any atom is -0.353 e. The van der Waals surface area contributed by atoms with E-state index in [0.717, 1.165) is 37.7 Å². The minimum atomic E-state index is -3.78. The normalized spacial score (nSPS) is 13.0. The number of carbonyl (C=O) groups excluding carboxylic acids is 1. The van der Waals surface area contributed by atoms with Gasteiger partial charge in [0.15, 0.2) is 5.16 Å². The van der Waals surface area contributed by atoms with Crippen molar-refractivity contribution in [3.05, 3.63) is 18.2 Å². The summed E-state index contributed by atoms with van der Waals surface area (Å²) in [5.41, 5.74) is 1.41. The summed E-state index contributed by atoms with van der Waals surface area (Å²) in [4.78, 5) is 16.8. The molecule has 150 valence electrons. The summed E-state index contributed by atoms with van der Waals surface area (Å²) in [6.45, 7) is 6.95. The quantitative estimate of drug-likeness (QED) is 0.584. The van der Waals surface area contributed by atoms with E-state index in [2.05, 4.69) is 24.1 Å². The van der Waals surface area contributed by atoms with E-state index in [-0.39, 0.29) is 22.6 Å². The molecule has 1 atom stereocenters. The van der Waals surface area contributed by atoms with Crippen molar-refractivity contribution in [1.82, 2.24) is 14.9 Å². The molecule has 27 heavy (non-hydrogen) atoms. The second-order valence-corrected chi connectivity index (χ2v) is 9.14. The first-order valence-corrected chi connectivity index (χ1v) is 11.7. The van der Waals surface area contributed by atoms with E-state index in [0.29, 0.717) is 10.7 Å². The lowest BCUT2D eigenvalue weighted by Gasteiger charge is -2.12. The van der Waals surface area contributed by atoms with E-state index in [4.69, 9.17) is 5.14 Å². The van der Waals surface area contributed by atoms with E-state index >= 15 is 0 Å². The van der Waals surface area contributed by atoms with Gasteiger partial charge in [0.05, 0.1) is 21.7 Å². The maximum atomic E-state index is 12.2. The van der Waals surface area contributed by atoms with Crippen molar-refractivity contribution >= 4 is 38.7 Å². The lowest BCUT2D eigenvalue weighted by Crippen LogP contribution is -2.33. The zero-order valence-electron chi connectivity index (χ0n) is 16.1. The van der Waals surface area contributed by atoms with E-state index < -0.39 is 10.0 Å². The number of hydrogen-bond acceptors (Lipinski definition) is 5. The summed E-state index contributed by atoms with van der Waals surface area (Å²) in [7, 11) is -3.78. The van der Waals surface area contributed by atoms with Gasteiger partial charge in [0.2, 0.25) is 15.9 Å². The van der Waals surface area contributed by atoms with Gasteiger partial charge in [-0.05, 0) is 38.0 Å². The molecule has 0 spiro atoms. The first kappa shape index (κ1) is 21.7. The highest BCUT2D eigenvalue weighted by atomic mass is 32.2. The van der Waals surface area contributed by atoms with Crippen molar-refractivity contribution in [3.8, 4) is 0 Å². The molecule has 0 aliphatic rings. The van der Waals surface area contributed by atoms with Crippen molar-refractivity contribution in [2.24, 2.45) is 5.14 Å².